The van der Waals surface area contributed by atoms with Crippen molar-refractivity contribution in [3.05, 3.63) is 0 Å². The highest BCUT2D eigenvalue weighted by atomic mass is 16.8. The highest BCUT2D eigenvalue weighted by molar-refractivity contribution is 5.74. The Kier molecular flexibility index (Phi) is 21.5. The molecule has 6 saturated heterocycles. The minimum Gasteiger partial charge on any atom is -0.480 e. The molecule has 438 valence electrons. The summed E-state index contributed by atoms with van der Waals surface area (Å²) >= 11 is 0. The average Bonchev–Trinajstić information content (AvgIpc) is 3.37. The van der Waals surface area contributed by atoms with Gasteiger partial charge in [-0.2, -0.15) is 0 Å². The molecule has 6 aliphatic rings. The van der Waals surface area contributed by atoms with Gasteiger partial charge in [-0.25, -0.2) is 9.59 Å². The van der Waals surface area contributed by atoms with Gasteiger partial charge >= 0.3 is 17.9 Å². The van der Waals surface area contributed by atoms with Gasteiger partial charge in [-0.1, -0.05) is 6.92 Å². The first-order chi connectivity index (χ1) is 35.8. The minimum absolute atomic E-state index is 0.599. The number of aliphatic hydroxyl groups excluding tert-OH is 14. The lowest BCUT2D eigenvalue weighted by atomic mass is 9.90. The van der Waals surface area contributed by atoms with Crippen LogP contribution in [0.15, 0.2) is 0 Å². The summed E-state index contributed by atoms with van der Waals surface area (Å²) in [5.41, 5.74) is 5.40. The topological polar surface area (TPSA) is 561 Å². The number of nitrogens with two attached hydrogens (primary N) is 1. The molecule has 76 heavy (non-hydrogen) atoms. The van der Waals surface area contributed by atoms with Crippen molar-refractivity contribution in [2.45, 2.75) is 192 Å². The lowest BCUT2D eigenvalue weighted by Gasteiger charge is -2.50. The molecule has 0 aromatic carbocycles. The summed E-state index contributed by atoms with van der Waals surface area (Å²) in [6.07, 6.45) is -54.4. The second kappa shape index (κ2) is 26.4. The first-order valence-electron chi connectivity index (χ1n) is 23.6. The van der Waals surface area contributed by atoms with Crippen LogP contribution in [0.3, 0.4) is 0 Å². The number of carboxylic acid groups (broad SMARTS) is 3. The zero-order chi connectivity index (χ0) is 56.4. The molecule has 0 aliphatic carbocycles. The van der Waals surface area contributed by atoms with Gasteiger partial charge in [0.1, 0.15) is 122 Å². The molecule has 30 unspecified atom stereocenters. The minimum atomic E-state index is -2.43. The second-order valence-electron chi connectivity index (χ2n) is 18.7. The number of nitrogens with one attached hydrogen (secondary N) is 1. The Morgan fingerprint density at radius 1 is 0.513 bits per heavy atom. The molecular formula is C41H66N2O33. The van der Waals surface area contributed by atoms with Gasteiger partial charge in [0.15, 0.2) is 49.9 Å². The van der Waals surface area contributed by atoms with Crippen molar-refractivity contribution in [2.75, 3.05) is 33.0 Å². The fourth-order valence-electron chi connectivity index (χ4n) is 9.18. The van der Waals surface area contributed by atoms with E-state index in [1.54, 1.807) is 0 Å². The predicted molar refractivity (Wildman–Crippen MR) is 228 cm³/mol. The molecule has 35 heteroatoms. The Hall–Kier alpha value is -3.20. The Morgan fingerprint density at radius 2 is 0.961 bits per heavy atom. The van der Waals surface area contributed by atoms with Gasteiger partial charge < -0.3 is 155 Å². The summed E-state index contributed by atoms with van der Waals surface area (Å²) in [5, 5.41) is 184. The molecule has 0 saturated carbocycles. The van der Waals surface area contributed by atoms with Gasteiger partial charge in [-0.05, 0) is 0 Å². The third kappa shape index (κ3) is 13.3. The number of hydrogen-bond donors (Lipinski definition) is 19. The summed E-state index contributed by atoms with van der Waals surface area (Å²) in [6.45, 7) is -2.17. The van der Waals surface area contributed by atoms with E-state index >= 15 is 0 Å². The van der Waals surface area contributed by atoms with Crippen LogP contribution in [0.2, 0.25) is 0 Å². The van der Waals surface area contributed by atoms with Gasteiger partial charge in [0.2, 0.25) is 5.91 Å². The summed E-state index contributed by atoms with van der Waals surface area (Å²) in [7, 11) is 0. The number of amides is 1. The molecule has 6 fully saturated rings. The number of hydrogen-bond acceptors (Lipinski definition) is 31. The molecule has 0 aromatic heterocycles. The molecule has 6 heterocycles. The zero-order valence-corrected chi connectivity index (χ0v) is 40.1. The van der Waals surface area contributed by atoms with E-state index in [0.29, 0.717) is 0 Å². The molecule has 6 rings (SSSR count). The summed E-state index contributed by atoms with van der Waals surface area (Å²) in [4.78, 5) is 48.0. The standard InChI is InChI=1S/C41H66N2O33/c1-8-16(48)22(54)38(71-27(8)34(61)62)72-28-13(5-46)69-36(15(20(28)52)43-9(2)47)75-31-21(53)24(56)39(76-32(31)35(63)64)73-30-19(51)12(4-45)68-41(26(30)58)74-29-18(50)11(3-44)67-40(25(29)57)70-14-7-66-37(23(55)17(14)49)65-6-10(42)33(59)60/h8,10-32,36-41,44-46,48-58H,3-7,42H2,1-2H3,(H,43,47)(H,59,60)(H,61,62)(H,63,64). The van der Waals surface area contributed by atoms with E-state index in [-0.39, 0.29) is 0 Å². The smallest absolute Gasteiger partial charge is 0.335 e. The van der Waals surface area contributed by atoms with E-state index in [9.17, 15) is 101 Å². The van der Waals surface area contributed by atoms with Crippen molar-refractivity contribution in [3.8, 4) is 0 Å². The van der Waals surface area contributed by atoms with Crippen molar-refractivity contribution in [2.24, 2.45) is 11.7 Å². The zero-order valence-electron chi connectivity index (χ0n) is 40.1. The number of aliphatic carboxylic acids is 3. The molecule has 0 spiro atoms. The van der Waals surface area contributed by atoms with Crippen LogP contribution >= 0.6 is 0 Å². The van der Waals surface area contributed by atoms with E-state index < -0.39 is 241 Å². The normalized spacial score (nSPS) is 47.6. The first kappa shape index (κ1) is 62.0. The lowest BCUT2D eigenvalue weighted by molar-refractivity contribution is -0.390. The van der Waals surface area contributed by atoms with Gasteiger partial charge in [-0.15, -0.1) is 0 Å². The van der Waals surface area contributed by atoms with E-state index in [4.69, 9.17) is 67.7 Å². The number of carboxylic acids is 3. The SMILES string of the molecule is CC(=O)NC1C(OC2C(C(=O)O)OC(OC3C(O)C(CO)OC(OC4C(O)C(CO)OC(OC5COC(OCC(N)C(=O)O)C(O)C5O)C4O)C3O)C(O)C2O)OC(CO)C(OC2OC(C(=O)O)C(C)C(O)C2O)C1O. The van der Waals surface area contributed by atoms with Crippen molar-refractivity contribution >= 4 is 23.8 Å². The van der Waals surface area contributed by atoms with Crippen molar-refractivity contribution in [3.63, 3.8) is 0 Å². The van der Waals surface area contributed by atoms with Crippen molar-refractivity contribution in [1.82, 2.24) is 5.32 Å². The monoisotopic (exact) mass is 1110 g/mol. The van der Waals surface area contributed by atoms with Crippen LogP contribution in [-0.2, 0) is 76.0 Å². The Balaban J connectivity index is 1.15. The van der Waals surface area contributed by atoms with Gasteiger partial charge in [-0.3, -0.25) is 9.59 Å². The number of ether oxygens (including phenoxy) is 12. The second-order valence-corrected chi connectivity index (χ2v) is 18.7. The summed E-state index contributed by atoms with van der Waals surface area (Å²) in [6, 6.07) is -3.36. The van der Waals surface area contributed by atoms with Crippen LogP contribution in [0.5, 0.6) is 0 Å². The molecular weight excluding hydrogens is 1050 g/mol. The summed E-state index contributed by atoms with van der Waals surface area (Å²) < 4.78 is 66.4. The molecule has 6 aliphatic heterocycles. The molecule has 30 atom stereocenters. The lowest BCUT2D eigenvalue weighted by Crippen LogP contribution is -2.70. The average molecular weight is 1110 g/mol. The van der Waals surface area contributed by atoms with E-state index in [0.717, 1.165) is 6.92 Å². The van der Waals surface area contributed by atoms with E-state index in [1.807, 2.05) is 0 Å². The highest BCUT2D eigenvalue weighted by Gasteiger charge is 2.58. The summed E-state index contributed by atoms with van der Waals surface area (Å²) in [5.74, 6) is -7.00. The largest absolute Gasteiger partial charge is 0.480 e. The van der Waals surface area contributed by atoms with Crippen LogP contribution in [0.25, 0.3) is 0 Å². The Morgan fingerprint density at radius 3 is 1.46 bits per heavy atom. The van der Waals surface area contributed by atoms with Crippen LogP contribution < -0.4 is 11.1 Å². The van der Waals surface area contributed by atoms with Gasteiger partial charge in [0.25, 0.3) is 0 Å². The van der Waals surface area contributed by atoms with E-state index in [2.05, 4.69) is 5.32 Å². The van der Waals surface area contributed by atoms with E-state index in [1.165, 1.54) is 6.92 Å². The quantitative estimate of drug-likeness (QED) is 0.0538. The van der Waals surface area contributed by atoms with Crippen LogP contribution in [0.1, 0.15) is 13.8 Å². The maximum absolute atomic E-state index is 12.8. The fraction of sp³-hybridized carbons (Fsp3) is 0.902. The Bertz CT molecular complexity index is 1930. The van der Waals surface area contributed by atoms with Crippen LogP contribution in [-0.4, -0.2) is 322 Å². The fourth-order valence-corrected chi connectivity index (χ4v) is 9.18. The number of carbonyl (C=O) groups excluding carboxylic acids is 1. The van der Waals surface area contributed by atoms with Gasteiger partial charge in [0.05, 0.1) is 39.1 Å². The van der Waals surface area contributed by atoms with Crippen molar-refractivity contribution < 1.29 is 163 Å². The predicted octanol–water partition coefficient (Wildman–Crippen LogP) is -12.4. The van der Waals surface area contributed by atoms with Crippen LogP contribution in [0, 0.1) is 5.92 Å². The third-order valence-corrected chi connectivity index (χ3v) is 13.5. The maximum atomic E-state index is 12.8. The first-order valence-corrected chi connectivity index (χ1v) is 23.6. The maximum Gasteiger partial charge on any atom is 0.335 e. The number of carbonyl (C=O) groups is 4. The number of aliphatic hydroxyl groups is 14. The third-order valence-electron chi connectivity index (χ3n) is 13.5. The Labute approximate surface area is 428 Å². The molecule has 0 bridgehead atoms. The van der Waals surface area contributed by atoms with Crippen LogP contribution in [0.4, 0.5) is 0 Å². The molecule has 20 N–H and O–H groups in total. The van der Waals surface area contributed by atoms with Crippen molar-refractivity contribution in [1.29, 1.82) is 0 Å². The highest BCUT2D eigenvalue weighted by Crippen LogP contribution is 2.37. The molecule has 35 nitrogen and oxygen atoms in total. The molecule has 1 amide bonds. The molecule has 0 aromatic rings. The van der Waals surface area contributed by atoms with Gasteiger partial charge in [0, 0.05) is 12.8 Å². The number of rotatable bonds is 20. The molecule has 0 radical (unpaired) electrons.